The highest BCUT2D eigenvalue weighted by Gasteiger charge is 2.26. The second-order valence-electron chi connectivity index (χ2n) is 2.70. The van der Waals surface area contributed by atoms with Gasteiger partial charge in [0.05, 0.1) is 19.8 Å². The van der Waals surface area contributed by atoms with Crippen LogP contribution in [0.5, 0.6) is 5.88 Å². The molecule has 88 valence electrons. The summed E-state index contributed by atoms with van der Waals surface area (Å²) < 4.78 is 47.2. The van der Waals surface area contributed by atoms with Crippen LogP contribution in [-0.2, 0) is 4.74 Å². The van der Waals surface area contributed by atoms with E-state index in [0.717, 1.165) is 14.2 Å². The third-order valence-electron chi connectivity index (χ3n) is 1.83. The molecule has 1 rings (SSSR count). The van der Waals surface area contributed by atoms with Crippen molar-refractivity contribution in [3.8, 4) is 5.88 Å². The number of hydrogen-bond donors (Lipinski definition) is 0. The molecule has 0 fully saturated rings. The lowest BCUT2D eigenvalue weighted by Gasteiger charge is -2.09. The first kappa shape index (κ1) is 12.3. The number of aromatic nitrogens is 1. The molecular formula is C9H8F3NO3. The molecule has 1 heterocycles. The van der Waals surface area contributed by atoms with Crippen molar-refractivity contribution in [2.75, 3.05) is 14.2 Å². The second-order valence-corrected chi connectivity index (χ2v) is 2.70. The highest BCUT2D eigenvalue weighted by molar-refractivity contribution is 5.91. The van der Waals surface area contributed by atoms with Gasteiger partial charge in [-0.15, -0.1) is 0 Å². The van der Waals surface area contributed by atoms with Crippen LogP contribution in [0.25, 0.3) is 0 Å². The summed E-state index contributed by atoms with van der Waals surface area (Å²) in [6.07, 6.45) is -2.35. The minimum atomic E-state index is -3.03. The van der Waals surface area contributed by atoms with Crippen molar-refractivity contribution in [2.45, 2.75) is 6.43 Å². The normalized spacial score (nSPS) is 10.4. The fourth-order valence-corrected chi connectivity index (χ4v) is 1.10. The fraction of sp³-hybridized carbons (Fsp3) is 0.333. The molecule has 7 heteroatoms. The van der Waals surface area contributed by atoms with E-state index in [1.807, 2.05) is 0 Å². The molecule has 0 bridgehead atoms. The van der Waals surface area contributed by atoms with E-state index in [0.29, 0.717) is 6.20 Å². The Balaban J connectivity index is 3.42. The number of rotatable bonds is 3. The first-order valence-electron chi connectivity index (χ1n) is 4.11. The third kappa shape index (κ3) is 2.07. The zero-order valence-electron chi connectivity index (χ0n) is 8.46. The van der Waals surface area contributed by atoms with E-state index in [1.165, 1.54) is 0 Å². The summed E-state index contributed by atoms with van der Waals surface area (Å²) in [6, 6.07) is 0. The molecular weight excluding hydrogens is 227 g/mol. The van der Waals surface area contributed by atoms with Crippen LogP contribution in [0.2, 0.25) is 0 Å². The summed E-state index contributed by atoms with van der Waals surface area (Å²) >= 11 is 0. The van der Waals surface area contributed by atoms with Gasteiger partial charge in [-0.3, -0.25) is 0 Å². The molecule has 0 saturated heterocycles. The Morgan fingerprint density at radius 1 is 1.44 bits per heavy atom. The number of esters is 1. The summed E-state index contributed by atoms with van der Waals surface area (Å²) in [7, 11) is 2.07. The van der Waals surface area contributed by atoms with Gasteiger partial charge in [-0.2, -0.15) is 0 Å². The van der Waals surface area contributed by atoms with Gasteiger partial charge in [0.2, 0.25) is 0 Å². The lowest BCUT2D eigenvalue weighted by atomic mass is 10.1. The minimum absolute atomic E-state index is 0.537. The number of nitrogens with zero attached hydrogens (tertiary/aromatic N) is 1. The summed E-state index contributed by atoms with van der Waals surface area (Å²) in [4.78, 5) is 14.5. The lowest BCUT2D eigenvalue weighted by molar-refractivity contribution is 0.0581. The van der Waals surface area contributed by atoms with Crippen LogP contribution in [0.15, 0.2) is 6.20 Å². The fourth-order valence-electron chi connectivity index (χ4n) is 1.10. The van der Waals surface area contributed by atoms with Crippen molar-refractivity contribution < 1.29 is 27.4 Å². The standard InChI is InChI=1S/C9H8F3NO3/c1-15-8-6(10)5(9(14)16-2)4(3-13-8)7(11)12/h3,7H,1-2H3. The van der Waals surface area contributed by atoms with Crippen LogP contribution < -0.4 is 4.74 Å². The van der Waals surface area contributed by atoms with Gasteiger partial charge in [-0.1, -0.05) is 0 Å². The monoisotopic (exact) mass is 235 g/mol. The van der Waals surface area contributed by atoms with E-state index in [1.54, 1.807) is 0 Å². The van der Waals surface area contributed by atoms with E-state index in [2.05, 4.69) is 14.5 Å². The molecule has 16 heavy (non-hydrogen) atoms. The Morgan fingerprint density at radius 2 is 2.06 bits per heavy atom. The minimum Gasteiger partial charge on any atom is -0.479 e. The molecule has 1 aromatic rings. The predicted molar refractivity (Wildman–Crippen MR) is 47.0 cm³/mol. The molecule has 0 spiro atoms. The summed E-state index contributed by atoms with van der Waals surface area (Å²) in [5.41, 5.74) is -1.69. The van der Waals surface area contributed by atoms with E-state index >= 15 is 0 Å². The first-order chi connectivity index (χ1) is 7.52. The summed E-state index contributed by atoms with van der Waals surface area (Å²) in [5, 5.41) is 0. The maximum atomic E-state index is 13.5. The van der Waals surface area contributed by atoms with Crippen molar-refractivity contribution in [3.05, 3.63) is 23.1 Å². The zero-order chi connectivity index (χ0) is 12.3. The number of carbonyl (C=O) groups is 1. The van der Waals surface area contributed by atoms with Crippen molar-refractivity contribution in [1.82, 2.24) is 4.98 Å². The highest BCUT2D eigenvalue weighted by atomic mass is 19.3. The topological polar surface area (TPSA) is 48.4 Å². The Morgan fingerprint density at radius 3 is 2.50 bits per heavy atom. The molecule has 0 atom stereocenters. The molecule has 0 radical (unpaired) electrons. The van der Waals surface area contributed by atoms with Gasteiger partial charge in [0.15, 0.2) is 5.82 Å². The van der Waals surface area contributed by atoms with Gasteiger partial charge < -0.3 is 9.47 Å². The molecule has 0 aliphatic heterocycles. The van der Waals surface area contributed by atoms with E-state index in [9.17, 15) is 18.0 Å². The summed E-state index contributed by atoms with van der Waals surface area (Å²) in [6.45, 7) is 0. The van der Waals surface area contributed by atoms with Crippen molar-refractivity contribution in [3.63, 3.8) is 0 Å². The molecule has 4 nitrogen and oxygen atoms in total. The van der Waals surface area contributed by atoms with Crippen LogP contribution >= 0.6 is 0 Å². The highest BCUT2D eigenvalue weighted by Crippen LogP contribution is 2.28. The number of ether oxygens (including phenoxy) is 2. The van der Waals surface area contributed by atoms with Gasteiger partial charge in [-0.05, 0) is 0 Å². The molecule has 1 aromatic heterocycles. The number of alkyl halides is 2. The average Bonchev–Trinajstić information content (AvgIpc) is 2.27. The van der Waals surface area contributed by atoms with Crippen molar-refractivity contribution in [1.29, 1.82) is 0 Å². The third-order valence-corrected chi connectivity index (χ3v) is 1.83. The smallest absolute Gasteiger partial charge is 0.341 e. The summed E-state index contributed by atoms with van der Waals surface area (Å²) in [5.74, 6) is -2.99. The van der Waals surface area contributed by atoms with E-state index < -0.39 is 35.2 Å². The van der Waals surface area contributed by atoms with Crippen LogP contribution in [0.3, 0.4) is 0 Å². The maximum Gasteiger partial charge on any atom is 0.341 e. The predicted octanol–water partition coefficient (Wildman–Crippen LogP) is 1.95. The van der Waals surface area contributed by atoms with Crippen molar-refractivity contribution >= 4 is 5.97 Å². The molecule has 0 unspecified atom stereocenters. The zero-order valence-corrected chi connectivity index (χ0v) is 8.46. The van der Waals surface area contributed by atoms with Gasteiger partial charge in [0.1, 0.15) is 5.56 Å². The quantitative estimate of drug-likeness (QED) is 0.751. The Bertz CT molecular complexity index is 409. The van der Waals surface area contributed by atoms with Gasteiger partial charge in [-0.25, -0.2) is 22.9 Å². The van der Waals surface area contributed by atoms with Crippen molar-refractivity contribution in [2.24, 2.45) is 0 Å². The van der Waals surface area contributed by atoms with E-state index in [-0.39, 0.29) is 0 Å². The molecule has 0 aromatic carbocycles. The number of hydrogen-bond acceptors (Lipinski definition) is 4. The van der Waals surface area contributed by atoms with Crippen LogP contribution in [0, 0.1) is 5.82 Å². The number of pyridine rings is 1. The second kappa shape index (κ2) is 4.82. The number of methoxy groups -OCH3 is 2. The Hall–Kier alpha value is -1.79. The van der Waals surface area contributed by atoms with E-state index in [4.69, 9.17) is 0 Å². The van der Waals surface area contributed by atoms with Gasteiger partial charge in [0, 0.05) is 6.20 Å². The lowest BCUT2D eigenvalue weighted by Crippen LogP contribution is -2.11. The first-order valence-corrected chi connectivity index (χ1v) is 4.11. The molecule has 0 aliphatic carbocycles. The molecule has 0 amide bonds. The maximum absolute atomic E-state index is 13.5. The largest absolute Gasteiger partial charge is 0.479 e. The SMILES string of the molecule is COC(=O)c1c(C(F)F)cnc(OC)c1F. The molecule has 0 N–H and O–H groups in total. The van der Waals surface area contributed by atoms with Crippen LogP contribution in [0.4, 0.5) is 13.2 Å². The molecule has 0 saturated carbocycles. The van der Waals surface area contributed by atoms with Gasteiger partial charge >= 0.3 is 5.97 Å². The molecule has 0 aliphatic rings. The van der Waals surface area contributed by atoms with Gasteiger partial charge in [0.25, 0.3) is 12.3 Å². The van der Waals surface area contributed by atoms with Crippen LogP contribution in [-0.4, -0.2) is 25.2 Å². The Kier molecular flexibility index (Phi) is 3.70. The van der Waals surface area contributed by atoms with Crippen LogP contribution in [0.1, 0.15) is 22.3 Å². The number of carbonyl (C=O) groups excluding carboxylic acids is 1. The Labute approximate surface area is 89.0 Å². The average molecular weight is 235 g/mol. The number of halogens is 3.